The summed E-state index contributed by atoms with van der Waals surface area (Å²) in [4.78, 5) is 14.3. The van der Waals surface area contributed by atoms with Crippen LogP contribution in [0.3, 0.4) is 0 Å². The number of ether oxygens (including phenoxy) is 1. The van der Waals surface area contributed by atoms with Crippen LogP contribution in [0, 0.1) is 0 Å². The molecule has 0 saturated carbocycles. The van der Waals surface area contributed by atoms with Crippen LogP contribution >= 0.6 is 0 Å². The van der Waals surface area contributed by atoms with Crippen molar-refractivity contribution in [2.75, 3.05) is 31.1 Å². The van der Waals surface area contributed by atoms with Crippen LogP contribution in [-0.4, -0.2) is 32.1 Å². The molecule has 0 spiro atoms. The largest absolute Gasteiger partial charge is 0.484 e. The predicted octanol–water partition coefficient (Wildman–Crippen LogP) is 3.80. The third kappa shape index (κ3) is 5.80. The summed E-state index contributed by atoms with van der Waals surface area (Å²) in [5.41, 5.74) is 2.56. The second-order valence-corrected chi connectivity index (χ2v) is 6.77. The summed E-state index contributed by atoms with van der Waals surface area (Å²) in [5.74, 6) is 0.627. The number of hydrogen-bond acceptors (Lipinski definition) is 3. The second-order valence-electron chi connectivity index (χ2n) is 6.77. The minimum absolute atomic E-state index is 0.0535. The van der Waals surface area contributed by atoms with Gasteiger partial charge in [-0.1, -0.05) is 43.2 Å². The van der Waals surface area contributed by atoms with E-state index in [2.05, 4.69) is 34.5 Å². The minimum Gasteiger partial charge on any atom is -0.484 e. The Hall–Kier alpha value is -2.49. The fourth-order valence-corrected chi connectivity index (χ4v) is 3.27. The first kappa shape index (κ1) is 18.3. The Morgan fingerprint density at radius 1 is 0.923 bits per heavy atom. The molecule has 3 rings (SSSR count). The number of anilines is 1. The van der Waals surface area contributed by atoms with Crippen LogP contribution in [0.2, 0.25) is 0 Å². The van der Waals surface area contributed by atoms with Crippen molar-refractivity contribution in [3.05, 3.63) is 60.2 Å². The Bertz CT molecular complexity index is 662. The molecule has 1 heterocycles. The third-order valence-electron chi connectivity index (χ3n) is 4.76. The highest BCUT2D eigenvalue weighted by atomic mass is 16.5. The summed E-state index contributed by atoms with van der Waals surface area (Å²) in [6, 6.07) is 18.2. The number of carbonyl (C=O) groups excluding carboxylic acids is 1. The lowest BCUT2D eigenvalue weighted by Gasteiger charge is -2.22. The van der Waals surface area contributed by atoms with Gasteiger partial charge in [0.15, 0.2) is 6.61 Å². The Labute approximate surface area is 156 Å². The van der Waals surface area contributed by atoms with Gasteiger partial charge >= 0.3 is 0 Å². The fraction of sp³-hybridized carbons (Fsp3) is 0.409. The second kappa shape index (κ2) is 9.85. The lowest BCUT2D eigenvalue weighted by Crippen LogP contribution is -2.30. The zero-order valence-electron chi connectivity index (χ0n) is 15.3. The monoisotopic (exact) mass is 352 g/mol. The van der Waals surface area contributed by atoms with E-state index in [1.807, 2.05) is 30.3 Å². The number of rotatable bonds is 7. The first-order chi connectivity index (χ1) is 12.8. The molecule has 138 valence electrons. The van der Waals surface area contributed by atoms with E-state index in [0.717, 1.165) is 19.5 Å². The van der Waals surface area contributed by atoms with Gasteiger partial charge in [-0.3, -0.25) is 4.79 Å². The van der Waals surface area contributed by atoms with Crippen LogP contribution in [0.1, 0.15) is 31.2 Å². The number of hydrogen-bond donors (Lipinski definition) is 1. The highest BCUT2D eigenvalue weighted by molar-refractivity contribution is 5.77. The maximum absolute atomic E-state index is 11.9. The van der Waals surface area contributed by atoms with Gasteiger partial charge in [0.2, 0.25) is 0 Å². The molecule has 4 heteroatoms. The van der Waals surface area contributed by atoms with Crippen molar-refractivity contribution in [3.8, 4) is 5.75 Å². The Morgan fingerprint density at radius 3 is 2.31 bits per heavy atom. The molecular formula is C22H28N2O2. The first-order valence-corrected chi connectivity index (χ1v) is 9.60. The molecular weight excluding hydrogens is 324 g/mol. The van der Waals surface area contributed by atoms with Crippen molar-refractivity contribution in [3.63, 3.8) is 0 Å². The SMILES string of the molecule is O=C(COc1ccccc1)NCCc1ccc(N2CCCCCC2)cc1. The van der Waals surface area contributed by atoms with Crippen LogP contribution < -0.4 is 15.0 Å². The summed E-state index contributed by atoms with van der Waals surface area (Å²) in [6.07, 6.45) is 6.11. The molecule has 2 aromatic carbocycles. The van der Waals surface area contributed by atoms with Crippen LogP contribution in [0.5, 0.6) is 5.75 Å². The number of nitrogens with zero attached hydrogens (tertiary/aromatic N) is 1. The van der Waals surface area contributed by atoms with Gasteiger partial charge in [0.1, 0.15) is 5.75 Å². The standard InChI is InChI=1S/C22H28N2O2/c25-22(18-26-21-8-4-3-5-9-21)23-15-14-19-10-12-20(13-11-19)24-16-6-1-2-7-17-24/h3-5,8-13H,1-2,6-7,14-18H2,(H,23,25). The number of amides is 1. The van der Waals surface area contributed by atoms with Crippen molar-refractivity contribution in [1.29, 1.82) is 0 Å². The van der Waals surface area contributed by atoms with Gasteiger partial charge in [-0.15, -0.1) is 0 Å². The zero-order valence-corrected chi connectivity index (χ0v) is 15.3. The molecule has 1 N–H and O–H groups in total. The van der Waals surface area contributed by atoms with E-state index in [4.69, 9.17) is 4.74 Å². The molecule has 1 aliphatic heterocycles. The van der Waals surface area contributed by atoms with Gasteiger partial charge < -0.3 is 15.0 Å². The summed E-state index contributed by atoms with van der Waals surface area (Å²) < 4.78 is 5.45. The van der Waals surface area contributed by atoms with Crippen molar-refractivity contribution < 1.29 is 9.53 Å². The first-order valence-electron chi connectivity index (χ1n) is 9.60. The number of nitrogens with one attached hydrogen (secondary N) is 1. The molecule has 1 fully saturated rings. The quantitative estimate of drug-likeness (QED) is 0.824. The van der Waals surface area contributed by atoms with Crippen LogP contribution in [0.25, 0.3) is 0 Å². The highest BCUT2D eigenvalue weighted by Crippen LogP contribution is 2.20. The van der Waals surface area contributed by atoms with Crippen molar-refractivity contribution in [1.82, 2.24) is 5.32 Å². The minimum atomic E-state index is -0.0879. The van der Waals surface area contributed by atoms with E-state index in [0.29, 0.717) is 12.3 Å². The van der Waals surface area contributed by atoms with E-state index in [-0.39, 0.29) is 12.5 Å². The Kier molecular flexibility index (Phi) is 6.94. The van der Waals surface area contributed by atoms with Crippen LogP contribution in [-0.2, 0) is 11.2 Å². The molecule has 4 nitrogen and oxygen atoms in total. The summed E-state index contributed by atoms with van der Waals surface area (Å²) in [7, 11) is 0. The van der Waals surface area contributed by atoms with Crippen molar-refractivity contribution in [2.24, 2.45) is 0 Å². The number of para-hydroxylation sites is 1. The molecule has 0 radical (unpaired) electrons. The molecule has 0 bridgehead atoms. The normalized spacial score (nSPS) is 14.5. The fourth-order valence-electron chi connectivity index (χ4n) is 3.27. The van der Waals surface area contributed by atoms with Crippen molar-refractivity contribution in [2.45, 2.75) is 32.1 Å². The molecule has 0 aromatic heterocycles. The van der Waals surface area contributed by atoms with Gasteiger partial charge in [0, 0.05) is 25.3 Å². The summed E-state index contributed by atoms with van der Waals surface area (Å²) >= 11 is 0. The molecule has 2 aromatic rings. The van der Waals surface area contributed by atoms with Gasteiger partial charge in [-0.25, -0.2) is 0 Å². The average Bonchev–Trinajstić information content (AvgIpc) is 2.97. The topological polar surface area (TPSA) is 41.6 Å². The molecule has 0 aliphatic carbocycles. The Morgan fingerprint density at radius 2 is 1.62 bits per heavy atom. The van der Waals surface area contributed by atoms with E-state index < -0.39 is 0 Å². The predicted molar refractivity (Wildman–Crippen MR) is 106 cm³/mol. The van der Waals surface area contributed by atoms with E-state index >= 15 is 0 Å². The van der Waals surface area contributed by atoms with E-state index in [1.165, 1.54) is 36.9 Å². The zero-order chi connectivity index (χ0) is 18.0. The molecule has 1 amide bonds. The maximum atomic E-state index is 11.9. The highest BCUT2D eigenvalue weighted by Gasteiger charge is 2.09. The van der Waals surface area contributed by atoms with Gasteiger partial charge in [-0.05, 0) is 49.1 Å². The molecule has 0 unspecified atom stereocenters. The Balaban J connectivity index is 1.38. The van der Waals surface area contributed by atoms with Crippen LogP contribution in [0.15, 0.2) is 54.6 Å². The van der Waals surface area contributed by atoms with E-state index in [9.17, 15) is 4.79 Å². The van der Waals surface area contributed by atoms with Gasteiger partial charge in [0.05, 0.1) is 0 Å². The average molecular weight is 352 g/mol. The number of benzene rings is 2. The maximum Gasteiger partial charge on any atom is 0.257 e. The smallest absolute Gasteiger partial charge is 0.257 e. The molecule has 26 heavy (non-hydrogen) atoms. The lowest BCUT2D eigenvalue weighted by atomic mass is 10.1. The van der Waals surface area contributed by atoms with Gasteiger partial charge in [-0.2, -0.15) is 0 Å². The summed E-state index contributed by atoms with van der Waals surface area (Å²) in [5, 5.41) is 2.91. The van der Waals surface area contributed by atoms with E-state index in [1.54, 1.807) is 0 Å². The van der Waals surface area contributed by atoms with Crippen LogP contribution in [0.4, 0.5) is 5.69 Å². The van der Waals surface area contributed by atoms with Crippen molar-refractivity contribution >= 4 is 11.6 Å². The lowest BCUT2D eigenvalue weighted by molar-refractivity contribution is -0.123. The molecule has 1 saturated heterocycles. The molecule has 0 atom stereocenters. The third-order valence-corrected chi connectivity index (χ3v) is 4.76. The summed E-state index contributed by atoms with van der Waals surface area (Å²) in [6.45, 7) is 3.01. The number of carbonyl (C=O) groups is 1. The molecule has 1 aliphatic rings. The van der Waals surface area contributed by atoms with Gasteiger partial charge in [0.25, 0.3) is 5.91 Å².